The zero-order valence-corrected chi connectivity index (χ0v) is 10.8. The highest BCUT2D eigenvalue weighted by molar-refractivity contribution is 5.45. The third-order valence-electron chi connectivity index (χ3n) is 3.16. The highest BCUT2D eigenvalue weighted by atomic mass is 19.2. The normalized spacial score (nSPS) is 11.6. The van der Waals surface area contributed by atoms with Crippen molar-refractivity contribution < 1.29 is 4.48 Å². The van der Waals surface area contributed by atoms with Gasteiger partial charge in [0.1, 0.15) is 12.2 Å². The average molecular weight is 248 g/mol. The fourth-order valence-corrected chi connectivity index (χ4v) is 1.96. The van der Waals surface area contributed by atoms with Gasteiger partial charge in [0.25, 0.3) is 0 Å². The lowest BCUT2D eigenvalue weighted by Gasteiger charge is -2.25. The van der Waals surface area contributed by atoms with E-state index in [0.29, 0.717) is 5.69 Å². The molecule has 0 saturated heterocycles. The molecule has 0 bridgehead atoms. The van der Waals surface area contributed by atoms with Crippen LogP contribution in [0.15, 0.2) is 30.6 Å². The van der Waals surface area contributed by atoms with Gasteiger partial charge >= 0.3 is 0 Å². The molecule has 96 valence electrons. The lowest BCUT2D eigenvalue weighted by atomic mass is 9.81. The Kier molecular flexibility index (Phi) is 3.32. The molecule has 2 rings (SSSR count). The molecule has 5 heteroatoms. The van der Waals surface area contributed by atoms with E-state index in [1.165, 1.54) is 0 Å². The van der Waals surface area contributed by atoms with Crippen LogP contribution in [0.5, 0.6) is 0 Å². The maximum Gasteiger partial charge on any atom is 0.133 e. The van der Waals surface area contributed by atoms with Crippen LogP contribution in [0.4, 0.5) is 10.2 Å². The van der Waals surface area contributed by atoms with E-state index in [9.17, 15) is 4.48 Å². The summed E-state index contributed by atoms with van der Waals surface area (Å²) in [5.41, 5.74) is 3.08. The van der Waals surface area contributed by atoms with Crippen LogP contribution in [0.1, 0.15) is 25.2 Å². The Balaban J connectivity index is 2.27. The Bertz CT molecular complexity index is 533. The van der Waals surface area contributed by atoms with Gasteiger partial charge in [-0.15, -0.1) is 14.7 Å². The molecule has 18 heavy (non-hydrogen) atoms. The van der Waals surface area contributed by atoms with Crippen molar-refractivity contribution in [2.45, 2.75) is 25.7 Å². The Morgan fingerprint density at radius 3 is 2.78 bits per heavy atom. The second-order valence-electron chi connectivity index (χ2n) is 5.09. The maximum atomic E-state index is 12.5. The van der Waals surface area contributed by atoms with E-state index in [0.717, 1.165) is 17.8 Å². The Labute approximate surface area is 106 Å². The minimum Gasteiger partial charge on any atom is -0.321 e. The van der Waals surface area contributed by atoms with Crippen LogP contribution in [0.3, 0.4) is 0 Å². The summed E-state index contributed by atoms with van der Waals surface area (Å²) in [6.45, 7) is 4.22. The second-order valence-corrected chi connectivity index (χ2v) is 5.09. The summed E-state index contributed by atoms with van der Waals surface area (Å²) >= 11 is 0. The summed E-state index contributed by atoms with van der Waals surface area (Å²) in [6, 6.07) is 7.35. The average Bonchev–Trinajstić information content (AvgIpc) is 2.74. The Hall–Kier alpha value is -1.91. The number of halogens is 1. The predicted octanol–water partition coefficient (Wildman–Crippen LogP) is 2.63. The maximum absolute atomic E-state index is 12.5. The molecule has 0 amide bonds. The molecular formula is C13H17FN4. The first-order valence-corrected chi connectivity index (χ1v) is 5.83. The minimum atomic E-state index is -0.131. The predicted molar refractivity (Wildman–Crippen MR) is 68.9 cm³/mol. The fraction of sp³-hybridized carbons (Fsp3) is 0.385. The van der Waals surface area contributed by atoms with Gasteiger partial charge < -0.3 is 4.57 Å². The van der Waals surface area contributed by atoms with Crippen molar-refractivity contribution in [3.8, 4) is 0 Å². The minimum absolute atomic E-state index is 0.131. The van der Waals surface area contributed by atoms with E-state index in [4.69, 9.17) is 0 Å². The smallest absolute Gasteiger partial charge is 0.133 e. The van der Waals surface area contributed by atoms with Crippen molar-refractivity contribution in [3.05, 3.63) is 42.0 Å². The van der Waals surface area contributed by atoms with Crippen LogP contribution < -0.4 is 5.54 Å². The number of nitrogens with zero attached hydrogens (tertiary/aromatic N) is 3. The number of anilines is 1. The van der Waals surface area contributed by atoms with Crippen LogP contribution in [-0.2, 0) is 18.9 Å². The largest absolute Gasteiger partial charge is 0.321 e. The van der Waals surface area contributed by atoms with E-state index in [-0.39, 0.29) is 5.41 Å². The lowest BCUT2D eigenvalue weighted by Crippen LogP contribution is -2.22. The van der Waals surface area contributed by atoms with Crippen molar-refractivity contribution in [3.63, 3.8) is 0 Å². The van der Waals surface area contributed by atoms with Crippen LogP contribution in [0.2, 0.25) is 0 Å². The SMILES string of the molecule is Cn1cnnc1CC(C)(C)c1cccc(NF)c1. The van der Waals surface area contributed by atoms with Crippen LogP contribution in [0.25, 0.3) is 0 Å². The summed E-state index contributed by atoms with van der Waals surface area (Å²) in [5, 5.41) is 7.97. The zero-order valence-electron chi connectivity index (χ0n) is 10.8. The highest BCUT2D eigenvalue weighted by Gasteiger charge is 2.23. The lowest BCUT2D eigenvalue weighted by molar-refractivity contribution is 0.496. The van der Waals surface area contributed by atoms with Crippen molar-refractivity contribution in [2.75, 3.05) is 5.54 Å². The van der Waals surface area contributed by atoms with Crippen molar-refractivity contribution in [2.24, 2.45) is 7.05 Å². The monoisotopic (exact) mass is 248 g/mol. The standard InChI is InChI=1S/C13H17FN4/c1-13(2,8-12-17-15-9-18(12)3)10-5-4-6-11(7-10)16-14/h4-7,9,16H,8H2,1-3H3. The summed E-state index contributed by atoms with van der Waals surface area (Å²) < 4.78 is 14.4. The molecule has 0 aliphatic heterocycles. The molecule has 1 aromatic heterocycles. The van der Waals surface area contributed by atoms with E-state index in [1.54, 1.807) is 17.9 Å². The van der Waals surface area contributed by atoms with Gasteiger partial charge in [0.15, 0.2) is 0 Å². The molecule has 0 unspecified atom stereocenters. The molecule has 1 N–H and O–H groups in total. The van der Waals surface area contributed by atoms with Crippen LogP contribution in [0, 0.1) is 0 Å². The van der Waals surface area contributed by atoms with Gasteiger partial charge in [-0.05, 0) is 23.1 Å². The molecule has 1 aromatic carbocycles. The number of nitrogens with one attached hydrogen (secondary N) is 1. The molecule has 0 aliphatic rings. The van der Waals surface area contributed by atoms with Crippen molar-refractivity contribution in [1.82, 2.24) is 14.8 Å². The molecule has 4 nitrogen and oxygen atoms in total. The molecule has 1 heterocycles. The van der Waals surface area contributed by atoms with Gasteiger partial charge in [0, 0.05) is 13.5 Å². The zero-order chi connectivity index (χ0) is 13.2. The van der Waals surface area contributed by atoms with Crippen molar-refractivity contribution in [1.29, 1.82) is 0 Å². The van der Waals surface area contributed by atoms with Gasteiger partial charge in [0.05, 0.1) is 5.69 Å². The molecular weight excluding hydrogens is 231 g/mol. The molecule has 0 radical (unpaired) electrons. The molecule has 0 saturated carbocycles. The number of hydrogen-bond acceptors (Lipinski definition) is 3. The molecule has 0 aliphatic carbocycles. The fourth-order valence-electron chi connectivity index (χ4n) is 1.96. The molecule has 0 spiro atoms. The Morgan fingerprint density at radius 1 is 1.39 bits per heavy atom. The quantitative estimate of drug-likeness (QED) is 0.846. The topological polar surface area (TPSA) is 42.7 Å². The van der Waals surface area contributed by atoms with E-state index >= 15 is 0 Å². The second kappa shape index (κ2) is 4.76. The summed E-state index contributed by atoms with van der Waals surface area (Å²) in [4.78, 5) is 0. The number of benzene rings is 1. The van der Waals surface area contributed by atoms with Gasteiger partial charge in [-0.25, -0.2) is 5.54 Å². The number of aromatic nitrogens is 3. The molecule has 0 fully saturated rings. The summed E-state index contributed by atoms with van der Waals surface area (Å²) in [7, 11) is 1.92. The summed E-state index contributed by atoms with van der Waals surface area (Å²) in [5.74, 6) is 0.915. The van der Waals surface area contributed by atoms with Gasteiger partial charge in [-0.3, -0.25) is 0 Å². The summed E-state index contributed by atoms with van der Waals surface area (Å²) in [6.07, 6.45) is 2.43. The van der Waals surface area contributed by atoms with E-state index < -0.39 is 0 Å². The Morgan fingerprint density at radius 2 is 2.17 bits per heavy atom. The molecule has 0 atom stereocenters. The van der Waals surface area contributed by atoms with Gasteiger partial charge in [-0.1, -0.05) is 26.0 Å². The van der Waals surface area contributed by atoms with E-state index in [2.05, 4.69) is 24.0 Å². The van der Waals surface area contributed by atoms with Gasteiger partial charge in [0.2, 0.25) is 0 Å². The third-order valence-corrected chi connectivity index (χ3v) is 3.16. The number of rotatable bonds is 4. The molecule has 2 aromatic rings. The van der Waals surface area contributed by atoms with Crippen LogP contribution >= 0.6 is 0 Å². The van der Waals surface area contributed by atoms with Crippen LogP contribution in [-0.4, -0.2) is 14.8 Å². The van der Waals surface area contributed by atoms with Crippen molar-refractivity contribution >= 4 is 5.69 Å². The number of hydrogen-bond donors (Lipinski definition) is 1. The third kappa shape index (κ3) is 2.50. The van der Waals surface area contributed by atoms with E-state index in [1.807, 2.05) is 29.8 Å². The number of aryl methyl sites for hydroxylation is 1. The first kappa shape index (κ1) is 12.5. The van der Waals surface area contributed by atoms with Gasteiger partial charge in [-0.2, -0.15) is 0 Å². The first-order chi connectivity index (χ1) is 8.53. The first-order valence-electron chi connectivity index (χ1n) is 5.83. The highest BCUT2D eigenvalue weighted by Crippen LogP contribution is 2.28.